The Balaban J connectivity index is 0.490. The lowest BCUT2D eigenvalue weighted by molar-refractivity contribution is -0.191. The summed E-state index contributed by atoms with van der Waals surface area (Å²) in [5.41, 5.74) is 0.988. The van der Waals surface area contributed by atoms with Crippen LogP contribution in [0.1, 0.15) is 163 Å². The SMILES string of the molecule is CCC[C@@H](NC(=O)N1C(=O)C(CC)(CC)[C@@H]1Oc1ccc(C(=O)N2CCN(CCOCCOCCOC(=O)CCCCCNC(=O)OCCOCCOCCN3CCN(C(=O)c4ccc(O[C@@H]5N(C(=O)N[C@H](CCC)c6ccc7c(c6)OCO7)C(=O)C5(CC)CC)cc4)CC3)CC2)cc1)c1ccc2c(c1)OCO2. The molecule has 29 nitrogen and oxygen atoms in total. The van der Waals surface area contributed by atoms with Gasteiger partial charge in [0.05, 0.1) is 64.9 Å². The Kier molecular flexibility index (Phi) is 30.5. The number of β-lactam (4-membered cyclic amide) rings is 2. The molecule has 9 amide bonds. The summed E-state index contributed by atoms with van der Waals surface area (Å²) in [6.45, 7) is 22.1. The summed E-state index contributed by atoms with van der Waals surface area (Å²) in [7, 11) is 0. The first kappa shape index (κ1) is 81.5. The van der Waals surface area contributed by atoms with Crippen LogP contribution in [0.15, 0.2) is 84.9 Å². The molecule has 0 spiro atoms. The molecule has 590 valence electrons. The average molecular weight is 1500 g/mol. The van der Waals surface area contributed by atoms with Crippen molar-refractivity contribution in [2.75, 3.05) is 152 Å². The largest absolute Gasteiger partial charge is 0.469 e. The Morgan fingerprint density at radius 2 is 0.861 bits per heavy atom. The summed E-state index contributed by atoms with van der Waals surface area (Å²) in [6, 6.07) is 23.1. The molecule has 0 saturated carbocycles. The smallest absolute Gasteiger partial charge is 0.407 e. The fourth-order valence-corrected chi connectivity index (χ4v) is 14.4. The number of hydrogen-bond donors (Lipinski definition) is 3. The highest BCUT2D eigenvalue weighted by atomic mass is 16.7. The van der Waals surface area contributed by atoms with E-state index >= 15 is 0 Å². The summed E-state index contributed by atoms with van der Waals surface area (Å²) in [4.78, 5) is 117. The van der Waals surface area contributed by atoms with E-state index in [0.29, 0.717) is 209 Å². The number of esters is 1. The molecule has 4 aromatic rings. The minimum absolute atomic E-state index is 0.0882. The van der Waals surface area contributed by atoms with E-state index in [2.05, 4.69) is 25.8 Å². The van der Waals surface area contributed by atoms with Gasteiger partial charge < -0.3 is 82.6 Å². The molecular weight excluding hydrogens is 1390 g/mol. The summed E-state index contributed by atoms with van der Waals surface area (Å²) < 4.78 is 68.2. The van der Waals surface area contributed by atoms with Crippen LogP contribution in [0.4, 0.5) is 14.4 Å². The van der Waals surface area contributed by atoms with Crippen molar-refractivity contribution >= 4 is 47.8 Å². The second-order valence-corrected chi connectivity index (χ2v) is 27.7. The molecule has 29 heteroatoms. The van der Waals surface area contributed by atoms with Crippen molar-refractivity contribution in [3.05, 3.63) is 107 Å². The molecule has 108 heavy (non-hydrogen) atoms. The van der Waals surface area contributed by atoms with Gasteiger partial charge in [-0.1, -0.05) is 72.9 Å². The molecule has 4 atom stereocenters. The number of amides is 9. The molecule has 4 saturated heterocycles. The van der Waals surface area contributed by atoms with E-state index in [9.17, 15) is 38.4 Å². The number of alkyl carbamates (subject to hydrolysis) is 1. The van der Waals surface area contributed by atoms with Gasteiger partial charge in [0, 0.05) is 89.5 Å². The van der Waals surface area contributed by atoms with Crippen LogP contribution in [0.2, 0.25) is 0 Å². The van der Waals surface area contributed by atoms with Gasteiger partial charge in [-0.05, 0) is 135 Å². The molecule has 0 radical (unpaired) electrons. The second kappa shape index (κ2) is 40.4. The number of imide groups is 2. The van der Waals surface area contributed by atoms with Crippen molar-refractivity contribution in [1.29, 1.82) is 0 Å². The fraction of sp³-hybridized carbons (Fsp3) is 0.595. The van der Waals surface area contributed by atoms with Crippen LogP contribution in [0.5, 0.6) is 34.5 Å². The van der Waals surface area contributed by atoms with Gasteiger partial charge in [0.25, 0.3) is 11.8 Å². The van der Waals surface area contributed by atoms with Crippen LogP contribution in [0.3, 0.4) is 0 Å². The highest BCUT2D eigenvalue weighted by Gasteiger charge is 2.64. The highest BCUT2D eigenvalue weighted by Crippen LogP contribution is 2.48. The summed E-state index contributed by atoms with van der Waals surface area (Å²) in [6.07, 6.45) is 4.92. The molecule has 0 aliphatic carbocycles. The molecule has 10 rings (SSSR count). The Hall–Kier alpha value is -9.00. The van der Waals surface area contributed by atoms with Crippen LogP contribution in [-0.2, 0) is 42.8 Å². The van der Waals surface area contributed by atoms with E-state index in [1.807, 2.05) is 87.7 Å². The number of fused-ring (bicyclic) bond motifs is 2. The maximum atomic E-state index is 13.9. The molecule has 6 aliphatic rings. The number of nitrogens with zero attached hydrogens (tertiary/aromatic N) is 6. The van der Waals surface area contributed by atoms with E-state index in [0.717, 1.165) is 30.4 Å². The van der Waals surface area contributed by atoms with E-state index in [4.69, 9.17) is 56.8 Å². The van der Waals surface area contributed by atoms with Crippen molar-refractivity contribution in [2.45, 2.75) is 143 Å². The fourth-order valence-electron chi connectivity index (χ4n) is 14.4. The number of likely N-dealkylation sites (tertiary alicyclic amines) is 2. The monoisotopic (exact) mass is 1500 g/mol. The Labute approximate surface area is 633 Å². The number of hydrogen-bond acceptors (Lipinski definition) is 22. The summed E-state index contributed by atoms with van der Waals surface area (Å²) in [5, 5.41) is 8.86. The third-order valence-electron chi connectivity index (χ3n) is 21.2. The third kappa shape index (κ3) is 20.7. The maximum Gasteiger partial charge on any atom is 0.407 e. The van der Waals surface area contributed by atoms with E-state index < -0.39 is 41.4 Å². The van der Waals surface area contributed by atoms with Gasteiger partial charge in [-0.3, -0.25) is 33.8 Å². The number of rotatable bonds is 42. The standard InChI is InChI=1S/C79H109N9O20/c1-7-16-62(58-23-29-64-66(52-58)105-54-103-64)81-75(94)87-71(92)78(9-3,10-4)73(87)107-60-25-19-56(20-26-60)69(90)85-36-32-83(33-37-85)40-42-97-44-46-99-48-50-101-68(89)18-14-13-15-31-80-77(96)102-51-49-100-47-45-98-43-41-84-34-38-86(39-35-84)70(91)57-21-27-61(28-22-57)108-74-79(11-5,12-6)72(93)88(74)76(95)82-63(17-8-2)59-24-30-65-67(53-59)106-55-104-65/h19-30,52-53,62-63,73-74H,7-18,31-51,54-55H2,1-6H3,(H,80,96)(H,81,94)(H,82,95)/t62-,63-,73+,74+/m1/s1. The van der Waals surface area contributed by atoms with Crippen LogP contribution >= 0.6 is 0 Å². The quantitative estimate of drug-likeness (QED) is 0.0211. The zero-order valence-corrected chi connectivity index (χ0v) is 63.5. The van der Waals surface area contributed by atoms with Crippen molar-refractivity contribution < 1.29 is 95.2 Å². The normalized spacial score (nSPS) is 18.4. The minimum atomic E-state index is -0.872. The lowest BCUT2D eigenvalue weighted by Crippen LogP contribution is -2.73. The van der Waals surface area contributed by atoms with Gasteiger partial charge in [-0.15, -0.1) is 0 Å². The Morgan fingerprint density at radius 3 is 1.28 bits per heavy atom. The molecule has 6 heterocycles. The van der Waals surface area contributed by atoms with Crippen molar-refractivity contribution in [3.8, 4) is 34.5 Å². The van der Waals surface area contributed by atoms with Crippen molar-refractivity contribution in [3.63, 3.8) is 0 Å². The van der Waals surface area contributed by atoms with Gasteiger partial charge in [-0.2, -0.15) is 0 Å². The lowest BCUT2D eigenvalue weighted by Gasteiger charge is -2.53. The zero-order valence-electron chi connectivity index (χ0n) is 63.5. The predicted octanol–water partition coefficient (Wildman–Crippen LogP) is 9.47. The van der Waals surface area contributed by atoms with Crippen LogP contribution in [-0.4, -0.2) is 241 Å². The second-order valence-electron chi connectivity index (χ2n) is 27.7. The number of carbonyl (C=O) groups is 8. The van der Waals surface area contributed by atoms with Gasteiger partial charge in [-0.25, -0.2) is 24.2 Å². The first-order valence-electron chi connectivity index (χ1n) is 38.6. The van der Waals surface area contributed by atoms with E-state index in [1.165, 1.54) is 9.80 Å². The number of ether oxygens (including phenoxy) is 12. The molecule has 3 N–H and O–H groups in total. The van der Waals surface area contributed by atoms with Gasteiger partial charge in [0.1, 0.15) is 35.5 Å². The number of carbonyl (C=O) groups excluding carboxylic acids is 8. The first-order valence-corrected chi connectivity index (χ1v) is 38.6. The molecule has 6 aliphatic heterocycles. The molecule has 4 fully saturated rings. The molecule has 0 aromatic heterocycles. The van der Waals surface area contributed by atoms with Crippen molar-refractivity contribution in [1.82, 2.24) is 45.3 Å². The maximum absolute atomic E-state index is 13.9. The van der Waals surface area contributed by atoms with Gasteiger partial charge >= 0.3 is 24.1 Å². The predicted molar refractivity (Wildman–Crippen MR) is 396 cm³/mol. The number of urea groups is 2. The molecular formula is C79H109N9O20. The highest BCUT2D eigenvalue weighted by molar-refractivity contribution is 6.04. The molecule has 0 unspecified atom stereocenters. The first-order chi connectivity index (χ1) is 52.6. The Bertz CT molecular complexity index is 3390. The minimum Gasteiger partial charge on any atom is -0.469 e. The van der Waals surface area contributed by atoms with E-state index in [-0.39, 0.29) is 88.1 Å². The van der Waals surface area contributed by atoms with Crippen LogP contribution in [0.25, 0.3) is 0 Å². The Morgan fingerprint density at radius 1 is 0.463 bits per heavy atom. The third-order valence-corrected chi connectivity index (χ3v) is 21.2. The topological polar surface area (TPSA) is 303 Å². The number of benzene rings is 4. The summed E-state index contributed by atoms with van der Waals surface area (Å²) >= 11 is 0. The van der Waals surface area contributed by atoms with Crippen LogP contribution in [0, 0.1) is 10.8 Å². The number of unbranched alkanes of at least 4 members (excludes halogenated alkanes) is 2. The van der Waals surface area contributed by atoms with Gasteiger partial charge in [0.15, 0.2) is 35.5 Å². The average Bonchev–Trinajstić information content (AvgIpc) is 0.909. The number of nitrogens with one attached hydrogen (secondary N) is 3. The number of piperazine rings is 2. The zero-order chi connectivity index (χ0) is 76.4. The lowest BCUT2D eigenvalue weighted by atomic mass is 9.72. The van der Waals surface area contributed by atoms with Gasteiger partial charge in [0.2, 0.25) is 25.4 Å². The van der Waals surface area contributed by atoms with E-state index in [1.54, 1.807) is 48.5 Å². The molecule has 0 bridgehead atoms. The molecule has 4 aromatic carbocycles. The van der Waals surface area contributed by atoms with Crippen molar-refractivity contribution in [2.24, 2.45) is 10.8 Å². The summed E-state index contributed by atoms with van der Waals surface area (Å²) in [5.74, 6) is 2.37. The van der Waals surface area contributed by atoms with Crippen LogP contribution < -0.4 is 44.4 Å².